The zero-order chi connectivity index (χ0) is 29.9. The number of nitrogens with zero attached hydrogens (tertiary/aromatic N) is 3. The quantitative estimate of drug-likeness (QED) is 0.201. The number of benzene rings is 3. The van der Waals surface area contributed by atoms with Gasteiger partial charge in [-0.25, -0.2) is 0 Å². The number of furan rings is 1. The number of aliphatic hydroxyl groups is 1. The van der Waals surface area contributed by atoms with E-state index in [4.69, 9.17) is 18.6 Å². The second kappa shape index (κ2) is 12.1. The Hall–Kier alpha value is -4.58. The van der Waals surface area contributed by atoms with Crippen LogP contribution in [0.15, 0.2) is 77.4 Å². The van der Waals surface area contributed by atoms with Gasteiger partial charge in [-0.1, -0.05) is 24.3 Å². The first kappa shape index (κ1) is 28.9. The molecule has 2 atom stereocenters. The summed E-state index contributed by atoms with van der Waals surface area (Å²) >= 11 is 0. The maximum Gasteiger partial charge on any atom is 0.216 e. The lowest BCUT2D eigenvalue weighted by Gasteiger charge is -2.39. The number of pyridine rings is 1. The molecule has 0 aliphatic heterocycles. The maximum absolute atomic E-state index is 13.2. The van der Waals surface area contributed by atoms with Crippen molar-refractivity contribution in [1.82, 2.24) is 9.88 Å². The average Bonchev–Trinajstić information content (AvgIpc) is 3.48. The van der Waals surface area contributed by atoms with Gasteiger partial charge in [0.15, 0.2) is 0 Å². The Morgan fingerprint density at radius 2 is 1.79 bits per heavy atom. The normalized spacial score (nSPS) is 13.6. The van der Waals surface area contributed by atoms with Crippen molar-refractivity contribution in [2.75, 3.05) is 41.5 Å². The van der Waals surface area contributed by atoms with Crippen LogP contribution in [0.25, 0.3) is 21.7 Å². The van der Waals surface area contributed by atoms with Crippen molar-refractivity contribution >= 4 is 21.7 Å². The highest BCUT2D eigenvalue weighted by Crippen LogP contribution is 2.50. The third-order valence-electron chi connectivity index (χ3n) is 7.63. The third kappa shape index (κ3) is 5.49. The molecule has 0 aliphatic carbocycles. The molecule has 1 N–H and O–H groups in total. The molecule has 0 bridgehead atoms. The zero-order valence-electron chi connectivity index (χ0n) is 24.5. The molecule has 0 unspecified atom stereocenters. The van der Waals surface area contributed by atoms with Gasteiger partial charge in [-0.3, -0.25) is 0 Å². The van der Waals surface area contributed by atoms with Gasteiger partial charge in [0.2, 0.25) is 11.8 Å². The van der Waals surface area contributed by atoms with E-state index in [-0.39, 0.29) is 0 Å². The summed E-state index contributed by atoms with van der Waals surface area (Å²) in [7, 11) is 7.13. The van der Waals surface area contributed by atoms with E-state index in [2.05, 4.69) is 11.1 Å². The average molecular weight is 566 g/mol. The molecule has 0 aliphatic rings. The lowest BCUT2D eigenvalue weighted by molar-refractivity contribution is 0.00443. The minimum Gasteiger partial charge on any atom is -0.496 e. The Morgan fingerprint density at radius 1 is 0.976 bits per heavy atom. The van der Waals surface area contributed by atoms with Gasteiger partial charge in [0, 0.05) is 41.1 Å². The van der Waals surface area contributed by atoms with E-state index in [9.17, 15) is 10.4 Å². The minimum absolute atomic E-state index is 0.360. The SMILES string of the molecule is CCOc1cc([C@H](c2cc3cc(C#N)ccc3cc2OC)[C@@](O)(CCN(C)C)c2cccc3ccoc23)cc(OC)n1. The van der Waals surface area contributed by atoms with Crippen LogP contribution in [-0.2, 0) is 5.60 Å². The van der Waals surface area contributed by atoms with Crippen molar-refractivity contribution in [2.45, 2.75) is 24.9 Å². The third-order valence-corrected chi connectivity index (χ3v) is 7.63. The fraction of sp³-hybridized carbons (Fsp3) is 0.294. The van der Waals surface area contributed by atoms with Crippen LogP contribution in [0.3, 0.4) is 0 Å². The summed E-state index contributed by atoms with van der Waals surface area (Å²) in [5, 5.41) is 25.5. The first-order valence-corrected chi connectivity index (χ1v) is 13.9. The van der Waals surface area contributed by atoms with Gasteiger partial charge in [0.05, 0.1) is 38.7 Å². The van der Waals surface area contributed by atoms with Gasteiger partial charge >= 0.3 is 0 Å². The molecule has 2 aromatic heterocycles. The summed E-state index contributed by atoms with van der Waals surface area (Å²) in [4.78, 5) is 6.53. The van der Waals surface area contributed by atoms with Crippen molar-refractivity contribution in [3.63, 3.8) is 0 Å². The second-order valence-electron chi connectivity index (χ2n) is 10.5. The van der Waals surface area contributed by atoms with Gasteiger partial charge < -0.3 is 28.6 Å². The van der Waals surface area contributed by atoms with E-state index in [1.54, 1.807) is 26.5 Å². The smallest absolute Gasteiger partial charge is 0.216 e. The van der Waals surface area contributed by atoms with E-state index in [0.29, 0.717) is 53.8 Å². The summed E-state index contributed by atoms with van der Waals surface area (Å²) in [6.07, 6.45) is 2.00. The van der Waals surface area contributed by atoms with Crippen LogP contribution in [0, 0.1) is 11.3 Å². The minimum atomic E-state index is -1.49. The van der Waals surface area contributed by atoms with Crippen LogP contribution in [0.1, 0.15) is 41.5 Å². The van der Waals surface area contributed by atoms with Crippen molar-refractivity contribution < 1.29 is 23.7 Å². The number of rotatable bonds is 11. The Labute approximate surface area is 245 Å². The molecule has 8 nitrogen and oxygen atoms in total. The maximum atomic E-state index is 13.2. The number of fused-ring (bicyclic) bond motifs is 2. The van der Waals surface area contributed by atoms with Crippen LogP contribution in [-0.4, -0.2) is 56.5 Å². The molecule has 0 fully saturated rings. The monoisotopic (exact) mass is 565 g/mol. The van der Waals surface area contributed by atoms with E-state index in [0.717, 1.165) is 27.3 Å². The molecular weight excluding hydrogens is 530 g/mol. The molecule has 0 saturated heterocycles. The number of hydrogen-bond acceptors (Lipinski definition) is 8. The van der Waals surface area contributed by atoms with Gasteiger partial charge in [-0.2, -0.15) is 10.2 Å². The Balaban J connectivity index is 1.88. The van der Waals surface area contributed by atoms with Crippen molar-refractivity contribution in [2.24, 2.45) is 0 Å². The van der Waals surface area contributed by atoms with Crippen molar-refractivity contribution in [3.8, 4) is 23.6 Å². The predicted octanol–water partition coefficient (Wildman–Crippen LogP) is 6.24. The first-order valence-electron chi connectivity index (χ1n) is 13.9. The number of nitriles is 1. The lowest BCUT2D eigenvalue weighted by Crippen LogP contribution is -2.38. The lowest BCUT2D eigenvalue weighted by atomic mass is 9.71. The molecule has 42 heavy (non-hydrogen) atoms. The van der Waals surface area contributed by atoms with Crippen LogP contribution in [0.5, 0.6) is 17.5 Å². The molecule has 216 valence electrons. The Morgan fingerprint density at radius 3 is 2.50 bits per heavy atom. The fourth-order valence-corrected chi connectivity index (χ4v) is 5.63. The van der Waals surface area contributed by atoms with Gasteiger partial charge in [0.25, 0.3) is 0 Å². The molecule has 0 saturated carbocycles. The summed E-state index contributed by atoms with van der Waals surface area (Å²) in [6.45, 7) is 2.89. The topological polar surface area (TPSA) is 101 Å². The van der Waals surface area contributed by atoms with Gasteiger partial charge in [0.1, 0.15) is 16.9 Å². The summed E-state index contributed by atoms with van der Waals surface area (Å²) in [5.74, 6) is 0.656. The van der Waals surface area contributed by atoms with Gasteiger partial charge in [-0.15, -0.1) is 0 Å². The number of para-hydroxylation sites is 1. The molecule has 8 heteroatoms. The zero-order valence-corrected chi connectivity index (χ0v) is 24.5. The Kier molecular flexibility index (Phi) is 8.34. The van der Waals surface area contributed by atoms with Crippen molar-refractivity contribution in [3.05, 3.63) is 95.2 Å². The molecule has 3 aromatic carbocycles. The second-order valence-corrected chi connectivity index (χ2v) is 10.5. The van der Waals surface area contributed by atoms with E-state index < -0.39 is 11.5 Å². The summed E-state index contributed by atoms with van der Waals surface area (Å²) < 4.78 is 23.4. The van der Waals surface area contributed by atoms with Gasteiger partial charge in [-0.05, 0) is 74.1 Å². The highest BCUT2D eigenvalue weighted by Gasteiger charge is 2.44. The number of methoxy groups -OCH3 is 2. The number of hydrogen-bond donors (Lipinski definition) is 1. The molecule has 5 rings (SSSR count). The number of aromatic nitrogens is 1. The highest BCUT2D eigenvalue weighted by atomic mass is 16.5. The molecule has 0 radical (unpaired) electrons. The standard InChI is InChI=1S/C34H35N3O5/c1-6-41-31-20-26(19-30(36-31)40-5)32(27-17-25-16-22(21-35)10-11-24(25)18-29(27)39-4)34(38,13-14-37(2)3)28-9-7-8-23-12-15-42-33(23)28/h7-12,15-20,32,38H,6,13-14H2,1-5H3/t32-,34-/m1/s1. The molecule has 2 heterocycles. The highest BCUT2D eigenvalue weighted by molar-refractivity contribution is 5.87. The van der Waals surface area contributed by atoms with Crippen LogP contribution >= 0.6 is 0 Å². The van der Waals surface area contributed by atoms with E-state index in [1.807, 2.05) is 86.6 Å². The van der Waals surface area contributed by atoms with Crippen LogP contribution in [0.4, 0.5) is 0 Å². The molecule has 0 spiro atoms. The summed E-state index contributed by atoms with van der Waals surface area (Å²) in [6, 6.07) is 23.1. The first-order chi connectivity index (χ1) is 20.3. The Bertz CT molecular complexity index is 1760. The fourth-order valence-electron chi connectivity index (χ4n) is 5.63. The van der Waals surface area contributed by atoms with E-state index in [1.165, 1.54) is 0 Å². The van der Waals surface area contributed by atoms with Crippen molar-refractivity contribution in [1.29, 1.82) is 5.26 Å². The molecule has 5 aromatic rings. The largest absolute Gasteiger partial charge is 0.496 e. The van der Waals surface area contributed by atoms with Crippen LogP contribution in [0.2, 0.25) is 0 Å². The summed E-state index contributed by atoms with van der Waals surface area (Å²) in [5.41, 5.74) is 1.78. The van der Waals surface area contributed by atoms with E-state index >= 15 is 0 Å². The molecule has 0 amide bonds. The number of ether oxygens (including phenoxy) is 3. The predicted molar refractivity (Wildman–Crippen MR) is 162 cm³/mol. The molecular formula is C34H35N3O5. The van der Waals surface area contributed by atoms with Crippen LogP contribution < -0.4 is 14.2 Å².